The summed E-state index contributed by atoms with van der Waals surface area (Å²) < 4.78 is 0. The van der Waals surface area contributed by atoms with E-state index in [0.717, 1.165) is 21.0 Å². The highest BCUT2D eigenvalue weighted by Gasteiger charge is 2.14. The molecule has 5 rings (SSSR count). The maximum absolute atomic E-state index is 12.9. The summed E-state index contributed by atoms with van der Waals surface area (Å²) in [4.78, 5) is 40.9. The molecule has 2 amide bonds. The van der Waals surface area contributed by atoms with Crippen LogP contribution in [0.4, 0.5) is 23.0 Å². The number of hydrogen-bond donors (Lipinski definition) is 3. The molecule has 8 nitrogen and oxygen atoms in total. The van der Waals surface area contributed by atoms with Gasteiger partial charge in [0.2, 0.25) is 5.95 Å². The smallest absolute Gasteiger partial charge is 0.265 e. The predicted octanol–water partition coefficient (Wildman–Crippen LogP) is 6.22. The van der Waals surface area contributed by atoms with E-state index >= 15 is 0 Å². The molecule has 0 atom stereocenters. The molecule has 5 aromatic rings. The molecule has 0 saturated heterocycles. The third-order valence-electron chi connectivity index (χ3n) is 5.16. The first kappa shape index (κ1) is 23.3. The van der Waals surface area contributed by atoms with Gasteiger partial charge in [-0.2, -0.15) is 0 Å². The fraction of sp³-hybridized carbons (Fsp3) is 0.0385. The highest BCUT2D eigenvalue weighted by molar-refractivity contribution is 7.22. The van der Waals surface area contributed by atoms with E-state index in [2.05, 4.69) is 30.9 Å². The Kier molecular flexibility index (Phi) is 6.78. The summed E-state index contributed by atoms with van der Waals surface area (Å²) in [6, 6.07) is 16.6. The average Bonchev–Trinajstić information content (AvgIpc) is 3.59. The van der Waals surface area contributed by atoms with E-state index in [1.54, 1.807) is 41.9 Å². The van der Waals surface area contributed by atoms with E-state index in [1.165, 1.54) is 23.7 Å². The summed E-state index contributed by atoms with van der Waals surface area (Å²) >= 11 is 3.04. The van der Waals surface area contributed by atoms with Crippen LogP contribution in [-0.2, 0) is 0 Å². The maximum atomic E-state index is 12.9. The summed E-state index contributed by atoms with van der Waals surface area (Å²) in [6.45, 7) is 1.95. The van der Waals surface area contributed by atoms with Crippen LogP contribution >= 0.6 is 22.7 Å². The molecule has 0 radical (unpaired) electrons. The van der Waals surface area contributed by atoms with Crippen molar-refractivity contribution in [2.24, 2.45) is 0 Å². The lowest BCUT2D eigenvalue weighted by atomic mass is 10.1. The van der Waals surface area contributed by atoms with E-state index in [-0.39, 0.29) is 11.8 Å². The van der Waals surface area contributed by atoms with Crippen molar-refractivity contribution >= 4 is 57.5 Å². The fourth-order valence-electron chi connectivity index (χ4n) is 3.36. The first-order chi connectivity index (χ1) is 17.5. The second-order valence-electron chi connectivity index (χ2n) is 7.74. The predicted molar refractivity (Wildman–Crippen MR) is 144 cm³/mol. The number of aromatic nitrogens is 3. The molecule has 3 N–H and O–H groups in total. The monoisotopic (exact) mass is 512 g/mol. The van der Waals surface area contributed by atoms with Gasteiger partial charge in [0.25, 0.3) is 11.8 Å². The van der Waals surface area contributed by atoms with Gasteiger partial charge in [0.05, 0.1) is 22.3 Å². The number of nitrogens with zero attached hydrogens (tertiary/aromatic N) is 3. The zero-order valence-electron chi connectivity index (χ0n) is 19.1. The lowest BCUT2D eigenvalue weighted by Gasteiger charge is -2.12. The maximum Gasteiger partial charge on any atom is 0.265 e. The lowest BCUT2D eigenvalue weighted by molar-refractivity contribution is 0.101. The van der Waals surface area contributed by atoms with Gasteiger partial charge in [0.1, 0.15) is 0 Å². The molecule has 0 unspecified atom stereocenters. The number of anilines is 4. The molecule has 10 heteroatoms. The van der Waals surface area contributed by atoms with Crippen LogP contribution in [0.15, 0.2) is 84.8 Å². The Balaban J connectivity index is 1.26. The molecule has 0 aliphatic carbocycles. The van der Waals surface area contributed by atoms with Crippen LogP contribution in [0.25, 0.3) is 9.75 Å². The van der Waals surface area contributed by atoms with E-state index in [0.29, 0.717) is 27.8 Å². The molecule has 0 aliphatic heterocycles. The number of thiophene rings is 2. The normalized spacial score (nSPS) is 10.6. The van der Waals surface area contributed by atoms with Gasteiger partial charge in [0, 0.05) is 39.7 Å². The van der Waals surface area contributed by atoms with Gasteiger partial charge >= 0.3 is 0 Å². The lowest BCUT2D eigenvalue weighted by Crippen LogP contribution is -2.15. The van der Waals surface area contributed by atoms with Crippen molar-refractivity contribution in [2.45, 2.75) is 6.92 Å². The van der Waals surface area contributed by atoms with Crippen molar-refractivity contribution in [2.75, 3.05) is 16.0 Å². The number of nitrogens with one attached hydrogen (secondary N) is 3. The zero-order valence-corrected chi connectivity index (χ0v) is 20.7. The first-order valence-corrected chi connectivity index (χ1v) is 12.6. The number of rotatable bonds is 7. The van der Waals surface area contributed by atoms with Crippen molar-refractivity contribution in [3.05, 3.63) is 101 Å². The van der Waals surface area contributed by atoms with Crippen LogP contribution in [0.5, 0.6) is 0 Å². The fourth-order valence-corrected chi connectivity index (χ4v) is 5.09. The molecular weight excluding hydrogens is 492 g/mol. The van der Waals surface area contributed by atoms with Crippen molar-refractivity contribution in [1.29, 1.82) is 0 Å². The molecule has 4 heterocycles. The van der Waals surface area contributed by atoms with Crippen LogP contribution in [-0.4, -0.2) is 26.8 Å². The molecule has 0 saturated carbocycles. The van der Waals surface area contributed by atoms with Crippen LogP contribution < -0.4 is 16.0 Å². The highest BCUT2D eigenvalue weighted by Crippen LogP contribution is 2.32. The Labute approximate surface area is 215 Å². The number of benzene rings is 1. The molecule has 36 heavy (non-hydrogen) atoms. The Hall–Kier alpha value is -4.41. The topological polar surface area (TPSA) is 109 Å². The van der Waals surface area contributed by atoms with Crippen LogP contribution in [0, 0.1) is 6.92 Å². The Morgan fingerprint density at radius 3 is 2.47 bits per heavy atom. The Bertz CT molecular complexity index is 1520. The van der Waals surface area contributed by atoms with Gasteiger partial charge < -0.3 is 16.0 Å². The molecule has 0 bridgehead atoms. The van der Waals surface area contributed by atoms with Crippen molar-refractivity contribution in [3.8, 4) is 9.75 Å². The number of hydrogen-bond acceptors (Lipinski definition) is 8. The molecule has 0 aliphatic rings. The SMILES string of the molecule is Cc1ccc(NC(=O)c2cncc(NC(=O)c3ccc(-c4cccs4)s3)c2)cc1Nc1ncccn1. The number of amides is 2. The third kappa shape index (κ3) is 5.45. The second-order valence-corrected chi connectivity index (χ2v) is 9.77. The van der Waals surface area contributed by atoms with Gasteiger partial charge in [-0.15, -0.1) is 22.7 Å². The zero-order chi connectivity index (χ0) is 24.9. The summed E-state index contributed by atoms with van der Waals surface area (Å²) in [6.07, 6.45) is 6.26. The third-order valence-corrected chi connectivity index (χ3v) is 7.31. The van der Waals surface area contributed by atoms with Crippen molar-refractivity contribution in [3.63, 3.8) is 0 Å². The standard InChI is InChI=1S/C26H20N6O2S2/c1-16-5-6-18(13-20(16)32-26-28-9-3-10-29-26)30-24(33)17-12-19(15-27-14-17)31-25(34)23-8-7-22(36-23)21-4-2-11-35-21/h2-15H,1H3,(H,30,33)(H,31,34)(H,28,29,32). The van der Waals surface area contributed by atoms with Gasteiger partial charge in [-0.05, 0) is 60.3 Å². The molecular formula is C26H20N6O2S2. The van der Waals surface area contributed by atoms with Crippen LogP contribution in [0.1, 0.15) is 25.6 Å². The van der Waals surface area contributed by atoms with Crippen LogP contribution in [0.2, 0.25) is 0 Å². The number of carbonyl (C=O) groups is 2. The summed E-state index contributed by atoms with van der Waals surface area (Å²) in [5.41, 5.74) is 3.10. The quantitative estimate of drug-likeness (QED) is 0.239. The van der Waals surface area contributed by atoms with Gasteiger partial charge in [-0.25, -0.2) is 9.97 Å². The number of carbonyl (C=O) groups excluding carboxylic acids is 2. The number of pyridine rings is 1. The summed E-state index contributed by atoms with van der Waals surface area (Å²) in [5, 5.41) is 10.9. The van der Waals surface area contributed by atoms with Crippen molar-refractivity contribution in [1.82, 2.24) is 15.0 Å². The van der Waals surface area contributed by atoms with E-state index < -0.39 is 0 Å². The molecule has 0 spiro atoms. The summed E-state index contributed by atoms with van der Waals surface area (Å²) in [5.74, 6) is -0.134. The van der Waals surface area contributed by atoms with Gasteiger partial charge in [0.15, 0.2) is 0 Å². The number of aryl methyl sites for hydroxylation is 1. The minimum absolute atomic E-state index is 0.250. The highest BCUT2D eigenvalue weighted by atomic mass is 32.1. The van der Waals surface area contributed by atoms with E-state index in [4.69, 9.17) is 0 Å². The Morgan fingerprint density at radius 1 is 0.833 bits per heavy atom. The largest absolute Gasteiger partial charge is 0.324 e. The molecule has 1 aromatic carbocycles. The molecule has 178 valence electrons. The minimum atomic E-state index is -0.347. The first-order valence-electron chi connectivity index (χ1n) is 10.9. The average molecular weight is 513 g/mol. The Morgan fingerprint density at radius 2 is 1.67 bits per heavy atom. The molecule has 0 fully saturated rings. The summed E-state index contributed by atoms with van der Waals surface area (Å²) in [7, 11) is 0. The van der Waals surface area contributed by atoms with E-state index in [1.807, 2.05) is 48.7 Å². The molecule has 4 aromatic heterocycles. The minimum Gasteiger partial charge on any atom is -0.324 e. The van der Waals surface area contributed by atoms with E-state index in [9.17, 15) is 9.59 Å². The van der Waals surface area contributed by atoms with Crippen LogP contribution in [0.3, 0.4) is 0 Å². The van der Waals surface area contributed by atoms with Crippen molar-refractivity contribution < 1.29 is 9.59 Å². The van der Waals surface area contributed by atoms with Gasteiger partial charge in [-0.1, -0.05) is 12.1 Å². The second kappa shape index (κ2) is 10.5. The van der Waals surface area contributed by atoms with Gasteiger partial charge in [-0.3, -0.25) is 14.6 Å².